The lowest BCUT2D eigenvalue weighted by molar-refractivity contribution is 0.100. The molecule has 0 radical (unpaired) electrons. The van der Waals surface area contributed by atoms with Gasteiger partial charge in [0.15, 0.2) is 0 Å². The number of primary amides is 1. The molecule has 0 bridgehead atoms. The summed E-state index contributed by atoms with van der Waals surface area (Å²) in [5.41, 5.74) is 6.55. The molecule has 0 fully saturated rings. The molecule has 0 aliphatic rings. The van der Waals surface area contributed by atoms with Crippen LogP contribution in [0.2, 0.25) is 0 Å². The van der Waals surface area contributed by atoms with E-state index in [4.69, 9.17) is 12.2 Å². The minimum atomic E-state index is -0.443. The summed E-state index contributed by atoms with van der Waals surface area (Å²) in [6.07, 6.45) is 6.87. The van der Waals surface area contributed by atoms with Crippen molar-refractivity contribution in [1.29, 1.82) is 0 Å². The SMILES string of the molecule is C#CCn1ncc2cc(C(N)=O)ccc21. The van der Waals surface area contributed by atoms with E-state index in [1.807, 2.05) is 0 Å². The van der Waals surface area contributed by atoms with E-state index in [0.717, 1.165) is 10.9 Å². The van der Waals surface area contributed by atoms with Gasteiger partial charge in [0.05, 0.1) is 11.7 Å². The maximum Gasteiger partial charge on any atom is 0.248 e. The van der Waals surface area contributed by atoms with Crippen molar-refractivity contribution in [2.24, 2.45) is 5.73 Å². The van der Waals surface area contributed by atoms with Crippen LogP contribution < -0.4 is 5.73 Å². The molecule has 0 atom stereocenters. The zero-order chi connectivity index (χ0) is 10.8. The Hall–Kier alpha value is -2.28. The van der Waals surface area contributed by atoms with Gasteiger partial charge in [0.2, 0.25) is 5.91 Å². The summed E-state index contributed by atoms with van der Waals surface area (Å²) in [6.45, 7) is 0.416. The van der Waals surface area contributed by atoms with Crippen molar-refractivity contribution in [2.75, 3.05) is 0 Å². The van der Waals surface area contributed by atoms with Gasteiger partial charge in [0, 0.05) is 10.9 Å². The van der Waals surface area contributed by atoms with E-state index >= 15 is 0 Å². The van der Waals surface area contributed by atoms with Crippen molar-refractivity contribution >= 4 is 16.8 Å². The highest BCUT2D eigenvalue weighted by atomic mass is 16.1. The molecule has 74 valence electrons. The summed E-state index contributed by atoms with van der Waals surface area (Å²) in [4.78, 5) is 10.9. The zero-order valence-electron chi connectivity index (χ0n) is 7.97. The molecule has 4 nitrogen and oxygen atoms in total. The van der Waals surface area contributed by atoms with Gasteiger partial charge in [-0.1, -0.05) is 5.92 Å². The van der Waals surface area contributed by atoms with Crippen LogP contribution >= 0.6 is 0 Å². The molecule has 0 aliphatic heterocycles. The minimum Gasteiger partial charge on any atom is -0.366 e. The van der Waals surface area contributed by atoms with Gasteiger partial charge in [-0.25, -0.2) is 0 Å². The summed E-state index contributed by atoms with van der Waals surface area (Å²) in [5, 5.41) is 4.97. The third kappa shape index (κ3) is 1.55. The van der Waals surface area contributed by atoms with Crippen LogP contribution in [0, 0.1) is 12.3 Å². The monoisotopic (exact) mass is 199 g/mol. The van der Waals surface area contributed by atoms with Crippen LogP contribution in [0.1, 0.15) is 10.4 Å². The Kier molecular flexibility index (Phi) is 2.14. The molecular weight excluding hydrogens is 190 g/mol. The smallest absolute Gasteiger partial charge is 0.248 e. The molecule has 0 saturated carbocycles. The molecule has 1 amide bonds. The first-order valence-electron chi connectivity index (χ1n) is 4.41. The minimum absolute atomic E-state index is 0.416. The van der Waals surface area contributed by atoms with Gasteiger partial charge in [-0.2, -0.15) is 5.10 Å². The number of benzene rings is 1. The van der Waals surface area contributed by atoms with Gasteiger partial charge >= 0.3 is 0 Å². The van der Waals surface area contributed by atoms with Gasteiger partial charge in [0.25, 0.3) is 0 Å². The Morgan fingerprint density at radius 3 is 3.07 bits per heavy atom. The highest BCUT2D eigenvalue weighted by Gasteiger charge is 2.05. The fourth-order valence-corrected chi connectivity index (χ4v) is 1.45. The lowest BCUT2D eigenvalue weighted by atomic mass is 10.1. The second-order valence-corrected chi connectivity index (χ2v) is 3.14. The fraction of sp³-hybridized carbons (Fsp3) is 0.0909. The number of amides is 1. The second-order valence-electron chi connectivity index (χ2n) is 3.14. The third-order valence-electron chi connectivity index (χ3n) is 2.17. The van der Waals surface area contributed by atoms with Gasteiger partial charge < -0.3 is 5.73 Å². The van der Waals surface area contributed by atoms with Gasteiger partial charge in [-0.15, -0.1) is 6.42 Å². The number of rotatable bonds is 2. The van der Waals surface area contributed by atoms with E-state index in [0.29, 0.717) is 12.1 Å². The second kappa shape index (κ2) is 3.46. The van der Waals surface area contributed by atoms with E-state index in [2.05, 4.69) is 11.0 Å². The Labute approximate surface area is 86.7 Å². The zero-order valence-corrected chi connectivity index (χ0v) is 7.97. The molecule has 0 spiro atoms. The van der Waals surface area contributed by atoms with Crippen molar-refractivity contribution in [3.05, 3.63) is 30.0 Å². The van der Waals surface area contributed by atoms with Crippen LogP contribution in [0.4, 0.5) is 0 Å². The number of carbonyl (C=O) groups is 1. The molecule has 1 heterocycles. The molecule has 2 N–H and O–H groups in total. The number of hydrogen-bond acceptors (Lipinski definition) is 2. The van der Waals surface area contributed by atoms with Crippen LogP contribution in [0.5, 0.6) is 0 Å². The third-order valence-corrected chi connectivity index (χ3v) is 2.17. The Morgan fingerprint density at radius 2 is 2.40 bits per heavy atom. The molecule has 0 unspecified atom stereocenters. The molecule has 0 aliphatic carbocycles. The largest absolute Gasteiger partial charge is 0.366 e. The molecule has 1 aromatic carbocycles. The predicted octanol–water partition coefficient (Wildman–Crippen LogP) is 0.768. The molecule has 1 aromatic heterocycles. The van der Waals surface area contributed by atoms with Crippen LogP contribution in [0.15, 0.2) is 24.4 Å². The first-order valence-corrected chi connectivity index (χ1v) is 4.41. The molecular formula is C11H9N3O. The number of nitrogens with two attached hydrogens (primary N) is 1. The summed E-state index contributed by atoms with van der Waals surface area (Å²) in [6, 6.07) is 5.16. The van der Waals surface area contributed by atoms with Crippen LogP contribution in [-0.2, 0) is 6.54 Å². The first kappa shape index (κ1) is 9.28. The van der Waals surface area contributed by atoms with Crippen LogP contribution in [-0.4, -0.2) is 15.7 Å². The van der Waals surface area contributed by atoms with Crippen LogP contribution in [0.25, 0.3) is 10.9 Å². The van der Waals surface area contributed by atoms with E-state index in [-0.39, 0.29) is 0 Å². The number of aromatic nitrogens is 2. The Morgan fingerprint density at radius 1 is 1.60 bits per heavy atom. The van der Waals surface area contributed by atoms with Gasteiger partial charge in [-0.3, -0.25) is 9.48 Å². The number of fused-ring (bicyclic) bond motifs is 1. The normalized spacial score (nSPS) is 10.1. The Bertz CT molecular complexity index is 563. The van der Waals surface area contributed by atoms with Crippen molar-refractivity contribution in [3.8, 4) is 12.3 Å². The summed E-state index contributed by atoms with van der Waals surface area (Å²) < 4.78 is 1.69. The molecule has 15 heavy (non-hydrogen) atoms. The van der Waals surface area contributed by atoms with Crippen molar-refractivity contribution in [1.82, 2.24) is 9.78 Å². The van der Waals surface area contributed by atoms with Crippen molar-refractivity contribution in [2.45, 2.75) is 6.54 Å². The highest BCUT2D eigenvalue weighted by Crippen LogP contribution is 2.15. The molecule has 4 heteroatoms. The summed E-state index contributed by atoms with van der Waals surface area (Å²) in [5.74, 6) is 2.07. The van der Waals surface area contributed by atoms with Crippen LogP contribution in [0.3, 0.4) is 0 Å². The van der Waals surface area contributed by atoms with E-state index in [1.165, 1.54) is 0 Å². The quantitative estimate of drug-likeness (QED) is 0.726. The molecule has 2 rings (SSSR count). The van der Waals surface area contributed by atoms with E-state index in [1.54, 1.807) is 29.1 Å². The molecule has 2 aromatic rings. The molecule has 0 saturated heterocycles. The summed E-state index contributed by atoms with van der Waals surface area (Å²) >= 11 is 0. The number of terminal acetylenes is 1. The number of carbonyl (C=O) groups excluding carboxylic acids is 1. The number of nitrogens with zero attached hydrogens (tertiary/aromatic N) is 2. The predicted molar refractivity (Wildman–Crippen MR) is 57.1 cm³/mol. The lowest BCUT2D eigenvalue weighted by Crippen LogP contribution is -2.10. The average molecular weight is 199 g/mol. The maximum atomic E-state index is 10.9. The Balaban J connectivity index is 2.57. The standard InChI is InChI=1S/C11H9N3O/c1-2-5-14-10-4-3-8(11(12)15)6-9(10)7-13-14/h1,3-4,6-7H,5H2,(H2,12,15). The van der Waals surface area contributed by atoms with Gasteiger partial charge in [0.1, 0.15) is 6.54 Å². The maximum absolute atomic E-state index is 10.9. The van der Waals surface area contributed by atoms with Crippen molar-refractivity contribution in [3.63, 3.8) is 0 Å². The van der Waals surface area contributed by atoms with E-state index in [9.17, 15) is 4.79 Å². The number of hydrogen-bond donors (Lipinski definition) is 1. The van der Waals surface area contributed by atoms with Crippen molar-refractivity contribution < 1.29 is 4.79 Å². The summed E-state index contributed by atoms with van der Waals surface area (Å²) in [7, 11) is 0. The average Bonchev–Trinajstić information content (AvgIpc) is 2.61. The van der Waals surface area contributed by atoms with Gasteiger partial charge in [-0.05, 0) is 18.2 Å². The highest BCUT2D eigenvalue weighted by molar-refractivity contribution is 5.96. The lowest BCUT2D eigenvalue weighted by Gasteiger charge is -1.98. The van der Waals surface area contributed by atoms with E-state index < -0.39 is 5.91 Å². The topological polar surface area (TPSA) is 60.9 Å². The first-order chi connectivity index (χ1) is 7.22. The fourth-order valence-electron chi connectivity index (χ4n) is 1.45.